The van der Waals surface area contributed by atoms with Crippen LogP contribution in [0.2, 0.25) is 5.02 Å². The second-order valence-corrected chi connectivity index (χ2v) is 7.87. The van der Waals surface area contributed by atoms with Gasteiger partial charge in [0.25, 0.3) is 5.91 Å². The summed E-state index contributed by atoms with van der Waals surface area (Å²) < 4.78 is 1.57. The van der Waals surface area contributed by atoms with Gasteiger partial charge in [0.1, 0.15) is 0 Å². The van der Waals surface area contributed by atoms with E-state index in [0.29, 0.717) is 17.3 Å². The molecule has 2 heterocycles. The van der Waals surface area contributed by atoms with Gasteiger partial charge in [-0.25, -0.2) is 4.68 Å². The molecular weight excluding hydrogens is 400 g/mol. The van der Waals surface area contributed by atoms with Crippen LogP contribution in [0.1, 0.15) is 34.6 Å². The molecule has 0 spiro atoms. The van der Waals surface area contributed by atoms with E-state index < -0.39 is 11.3 Å². The van der Waals surface area contributed by atoms with Gasteiger partial charge in [0.2, 0.25) is 5.43 Å². The number of hydrogen-bond donors (Lipinski definition) is 1. The molecule has 30 heavy (non-hydrogen) atoms. The number of benzene rings is 2. The molecule has 3 aromatic rings. The first-order chi connectivity index (χ1) is 14.5. The number of carbonyl (C=O) groups is 1. The fourth-order valence-electron chi connectivity index (χ4n) is 3.61. The van der Waals surface area contributed by atoms with Gasteiger partial charge in [-0.2, -0.15) is 5.10 Å². The van der Waals surface area contributed by atoms with E-state index in [1.165, 1.54) is 24.6 Å². The largest absolute Gasteiger partial charge is 0.372 e. The van der Waals surface area contributed by atoms with Crippen molar-refractivity contribution in [3.63, 3.8) is 0 Å². The number of carbonyl (C=O) groups excluding carboxylic acids is 1. The molecule has 1 saturated heterocycles. The minimum atomic E-state index is -0.494. The molecule has 7 heteroatoms. The zero-order valence-electron chi connectivity index (χ0n) is 16.8. The van der Waals surface area contributed by atoms with Crippen LogP contribution in [0.15, 0.2) is 59.4 Å². The molecule has 154 valence electrons. The van der Waals surface area contributed by atoms with Crippen molar-refractivity contribution in [1.82, 2.24) is 15.1 Å². The highest BCUT2D eigenvalue weighted by molar-refractivity contribution is 6.30. The van der Waals surface area contributed by atoms with Crippen LogP contribution in [0.4, 0.5) is 5.69 Å². The molecule has 0 bridgehead atoms. The maximum Gasteiger partial charge on any atom is 0.276 e. The molecule has 1 N–H and O–H groups in total. The van der Waals surface area contributed by atoms with Crippen LogP contribution in [-0.2, 0) is 6.54 Å². The first-order valence-corrected chi connectivity index (χ1v) is 10.4. The second-order valence-electron chi connectivity index (χ2n) is 7.43. The SMILES string of the molecule is Cc1cc(=O)c(C(=O)NCc2ccc(N3CCCC3)cc2)nn1-c1ccc(Cl)cc1. The van der Waals surface area contributed by atoms with E-state index in [-0.39, 0.29) is 5.69 Å². The molecule has 0 atom stereocenters. The van der Waals surface area contributed by atoms with Crippen molar-refractivity contribution in [3.05, 3.63) is 86.8 Å². The van der Waals surface area contributed by atoms with Gasteiger partial charge in [-0.15, -0.1) is 0 Å². The molecule has 0 saturated carbocycles. The highest BCUT2D eigenvalue weighted by atomic mass is 35.5. The van der Waals surface area contributed by atoms with Crippen molar-refractivity contribution in [3.8, 4) is 5.69 Å². The van der Waals surface area contributed by atoms with Gasteiger partial charge in [0.15, 0.2) is 5.69 Å². The Morgan fingerprint density at radius 1 is 1.03 bits per heavy atom. The Labute approximate surface area is 180 Å². The van der Waals surface area contributed by atoms with Gasteiger partial charge >= 0.3 is 0 Å². The standard InChI is InChI=1S/C23H23ClN4O2/c1-16-14-21(29)22(26-28(16)20-10-6-18(24)7-11-20)23(30)25-15-17-4-8-19(9-5-17)27-12-2-3-13-27/h4-11,14H,2-3,12-13,15H2,1H3,(H,25,30). The minimum Gasteiger partial charge on any atom is -0.372 e. The normalized spacial score (nSPS) is 13.5. The summed E-state index contributed by atoms with van der Waals surface area (Å²) in [6.07, 6.45) is 2.46. The summed E-state index contributed by atoms with van der Waals surface area (Å²) in [5, 5.41) is 7.70. The minimum absolute atomic E-state index is 0.135. The lowest BCUT2D eigenvalue weighted by Crippen LogP contribution is -2.31. The second kappa shape index (κ2) is 8.71. The van der Waals surface area contributed by atoms with Crippen molar-refractivity contribution in [2.24, 2.45) is 0 Å². The topological polar surface area (TPSA) is 67.2 Å². The molecule has 1 amide bonds. The lowest BCUT2D eigenvalue weighted by molar-refractivity contribution is 0.0943. The van der Waals surface area contributed by atoms with Crippen LogP contribution in [0.5, 0.6) is 0 Å². The predicted octanol–water partition coefficient (Wildman–Crippen LogP) is 3.72. The van der Waals surface area contributed by atoms with Crippen LogP contribution < -0.4 is 15.6 Å². The van der Waals surface area contributed by atoms with Gasteiger partial charge in [-0.3, -0.25) is 9.59 Å². The average Bonchev–Trinajstić information content (AvgIpc) is 3.28. The molecule has 1 fully saturated rings. The maximum atomic E-state index is 12.6. The summed E-state index contributed by atoms with van der Waals surface area (Å²) >= 11 is 5.95. The molecule has 1 aliphatic rings. The fourth-order valence-corrected chi connectivity index (χ4v) is 3.74. The van der Waals surface area contributed by atoms with Crippen LogP contribution in [0.25, 0.3) is 5.69 Å². The summed E-state index contributed by atoms with van der Waals surface area (Å²) in [5.41, 5.74) is 2.99. The number of aryl methyl sites for hydroxylation is 1. The maximum absolute atomic E-state index is 12.6. The van der Waals surface area contributed by atoms with Crippen molar-refractivity contribution in [2.45, 2.75) is 26.3 Å². The summed E-state index contributed by atoms with van der Waals surface area (Å²) in [4.78, 5) is 27.4. The van der Waals surface area contributed by atoms with Crippen LogP contribution in [0, 0.1) is 6.92 Å². The van der Waals surface area contributed by atoms with Crippen molar-refractivity contribution in [1.29, 1.82) is 0 Å². The number of nitrogens with zero attached hydrogens (tertiary/aromatic N) is 3. The summed E-state index contributed by atoms with van der Waals surface area (Å²) in [6, 6.07) is 16.6. The Bertz CT molecular complexity index is 1100. The van der Waals surface area contributed by atoms with Gasteiger partial charge < -0.3 is 10.2 Å². The van der Waals surface area contributed by atoms with Gasteiger partial charge in [-0.1, -0.05) is 23.7 Å². The third-order valence-corrected chi connectivity index (χ3v) is 5.51. The third-order valence-electron chi connectivity index (χ3n) is 5.25. The quantitative estimate of drug-likeness (QED) is 0.680. The van der Waals surface area contributed by atoms with Gasteiger partial charge in [0, 0.05) is 42.1 Å². The van der Waals surface area contributed by atoms with E-state index in [1.54, 1.807) is 35.9 Å². The van der Waals surface area contributed by atoms with Crippen LogP contribution in [0.3, 0.4) is 0 Å². The molecule has 0 aliphatic carbocycles. The fraction of sp³-hybridized carbons (Fsp3) is 0.261. The molecule has 1 aliphatic heterocycles. The van der Waals surface area contributed by atoms with Crippen molar-refractivity contribution < 1.29 is 4.79 Å². The third kappa shape index (κ3) is 4.39. The zero-order chi connectivity index (χ0) is 21.1. The van der Waals surface area contributed by atoms with E-state index >= 15 is 0 Å². The average molecular weight is 423 g/mol. The first-order valence-electron chi connectivity index (χ1n) is 10.0. The molecule has 0 unspecified atom stereocenters. The number of aromatic nitrogens is 2. The molecule has 1 aromatic heterocycles. The number of anilines is 1. The van der Waals surface area contributed by atoms with E-state index in [4.69, 9.17) is 11.6 Å². The van der Waals surface area contributed by atoms with Crippen molar-refractivity contribution in [2.75, 3.05) is 18.0 Å². The van der Waals surface area contributed by atoms with Gasteiger partial charge in [0.05, 0.1) is 5.69 Å². The number of nitrogens with one attached hydrogen (secondary N) is 1. The molecular formula is C23H23ClN4O2. The molecule has 4 rings (SSSR count). The number of halogens is 1. The van der Waals surface area contributed by atoms with Crippen LogP contribution >= 0.6 is 11.6 Å². The number of amides is 1. The number of hydrogen-bond acceptors (Lipinski definition) is 4. The number of rotatable bonds is 5. The monoisotopic (exact) mass is 422 g/mol. The molecule has 0 radical (unpaired) electrons. The van der Waals surface area contributed by atoms with E-state index in [2.05, 4.69) is 27.4 Å². The highest BCUT2D eigenvalue weighted by Gasteiger charge is 2.16. The summed E-state index contributed by atoms with van der Waals surface area (Å²) in [6.45, 7) is 4.28. The van der Waals surface area contributed by atoms with Crippen LogP contribution in [-0.4, -0.2) is 28.8 Å². The summed E-state index contributed by atoms with van der Waals surface area (Å²) in [5.74, 6) is -0.494. The Balaban J connectivity index is 1.48. The van der Waals surface area contributed by atoms with E-state index in [0.717, 1.165) is 24.3 Å². The Morgan fingerprint density at radius 2 is 1.67 bits per heavy atom. The highest BCUT2D eigenvalue weighted by Crippen LogP contribution is 2.20. The lowest BCUT2D eigenvalue weighted by Gasteiger charge is -2.17. The van der Waals surface area contributed by atoms with E-state index in [9.17, 15) is 9.59 Å². The summed E-state index contributed by atoms with van der Waals surface area (Å²) in [7, 11) is 0. The first kappa shape index (κ1) is 20.2. The Kier molecular flexibility index (Phi) is 5.86. The molecule has 2 aromatic carbocycles. The Hall–Kier alpha value is -3.12. The van der Waals surface area contributed by atoms with Crippen molar-refractivity contribution >= 4 is 23.2 Å². The van der Waals surface area contributed by atoms with Gasteiger partial charge in [-0.05, 0) is 61.7 Å². The van der Waals surface area contributed by atoms with E-state index in [1.807, 2.05) is 12.1 Å². The zero-order valence-corrected chi connectivity index (χ0v) is 17.5. The smallest absolute Gasteiger partial charge is 0.276 e. The lowest BCUT2D eigenvalue weighted by atomic mass is 10.2. The molecule has 6 nitrogen and oxygen atoms in total. The Morgan fingerprint density at radius 3 is 2.33 bits per heavy atom. The predicted molar refractivity (Wildman–Crippen MR) is 119 cm³/mol.